The smallest absolute Gasteiger partial charge is 0.254 e. The maximum Gasteiger partial charge on any atom is 0.254 e. The molecule has 0 bridgehead atoms. The van der Waals surface area contributed by atoms with Gasteiger partial charge in [0.1, 0.15) is 5.65 Å². The number of nitrogens with zero attached hydrogens (tertiary/aromatic N) is 6. The Balaban J connectivity index is 1.34. The van der Waals surface area contributed by atoms with Gasteiger partial charge in [0.25, 0.3) is 5.91 Å². The van der Waals surface area contributed by atoms with Gasteiger partial charge in [-0.05, 0) is 31.5 Å². The van der Waals surface area contributed by atoms with Gasteiger partial charge in [-0.25, -0.2) is 4.98 Å². The van der Waals surface area contributed by atoms with E-state index in [2.05, 4.69) is 51.0 Å². The summed E-state index contributed by atoms with van der Waals surface area (Å²) in [6, 6.07) is 12.6. The van der Waals surface area contributed by atoms with Crippen LogP contribution in [0.4, 0.5) is 0 Å². The number of pyridine rings is 1. The number of piperazine rings is 2. The highest BCUT2D eigenvalue weighted by molar-refractivity contribution is 5.95. The van der Waals surface area contributed by atoms with E-state index in [1.54, 1.807) is 0 Å². The van der Waals surface area contributed by atoms with Gasteiger partial charge in [0.2, 0.25) is 0 Å². The second kappa shape index (κ2) is 8.62. The highest BCUT2D eigenvalue weighted by Gasteiger charge is 2.31. The minimum Gasteiger partial charge on any atom is -0.336 e. The summed E-state index contributed by atoms with van der Waals surface area (Å²) in [5, 5.41) is 7.98. The molecule has 2 aliphatic rings. The number of nitrogens with one attached hydrogen (secondary N) is 1. The summed E-state index contributed by atoms with van der Waals surface area (Å²) in [5.74, 6) is 0.0892. The number of rotatable bonds is 3. The standard InChI is InChI=1S/C27H31N7O/c1-18-24(17-31(3)30-18)22-6-4-5-7-23(22)26-19(2)34-10-8-20(14-25(34)29-26)27(35)33-13-12-32-11-9-28-15-21(32)16-33/h4-8,10,14,17,21,28H,9,11-13,15-16H2,1-3H3/t21-/m0/s1. The number of amides is 1. The predicted octanol–water partition coefficient (Wildman–Crippen LogP) is 2.75. The molecule has 5 heterocycles. The van der Waals surface area contributed by atoms with Gasteiger partial charge in [-0.15, -0.1) is 0 Å². The Morgan fingerprint density at radius 1 is 1.06 bits per heavy atom. The molecule has 2 fully saturated rings. The van der Waals surface area contributed by atoms with Crippen LogP contribution in [0, 0.1) is 13.8 Å². The molecule has 0 aliphatic carbocycles. The SMILES string of the molecule is Cc1nn(C)cc1-c1ccccc1-c1nc2cc(C(=O)N3CCN4CCNC[C@H]4C3)ccn2c1C. The Morgan fingerprint density at radius 3 is 2.69 bits per heavy atom. The molecule has 6 rings (SSSR count). The number of aromatic nitrogens is 4. The summed E-state index contributed by atoms with van der Waals surface area (Å²) in [6.07, 6.45) is 4.03. The normalized spacial score (nSPS) is 18.7. The zero-order valence-corrected chi connectivity index (χ0v) is 20.5. The van der Waals surface area contributed by atoms with Gasteiger partial charge in [0.05, 0.1) is 11.4 Å². The van der Waals surface area contributed by atoms with Gasteiger partial charge >= 0.3 is 0 Å². The Morgan fingerprint density at radius 2 is 1.89 bits per heavy atom. The topological polar surface area (TPSA) is 70.7 Å². The van der Waals surface area contributed by atoms with Crippen LogP contribution in [0.1, 0.15) is 21.7 Å². The molecular formula is C27H31N7O. The predicted molar refractivity (Wildman–Crippen MR) is 136 cm³/mol. The molecule has 0 radical (unpaired) electrons. The van der Waals surface area contributed by atoms with Gasteiger partial charge in [0, 0.05) is 87.1 Å². The van der Waals surface area contributed by atoms with E-state index in [-0.39, 0.29) is 5.91 Å². The molecule has 1 aromatic carbocycles. The van der Waals surface area contributed by atoms with Crippen molar-refractivity contribution in [1.82, 2.24) is 34.3 Å². The second-order valence-corrected chi connectivity index (χ2v) is 9.68. The quantitative estimate of drug-likeness (QED) is 0.500. The van der Waals surface area contributed by atoms with E-state index in [0.717, 1.165) is 78.7 Å². The molecular weight excluding hydrogens is 438 g/mol. The molecule has 35 heavy (non-hydrogen) atoms. The first kappa shape index (κ1) is 22.0. The fraction of sp³-hybridized carbons (Fsp3) is 0.370. The van der Waals surface area contributed by atoms with Crippen molar-refractivity contribution in [2.24, 2.45) is 7.05 Å². The summed E-state index contributed by atoms with van der Waals surface area (Å²) in [6.45, 7) is 9.65. The van der Waals surface area contributed by atoms with Crippen molar-refractivity contribution in [3.8, 4) is 22.4 Å². The van der Waals surface area contributed by atoms with E-state index < -0.39 is 0 Å². The van der Waals surface area contributed by atoms with E-state index in [1.165, 1.54) is 0 Å². The monoisotopic (exact) mass is 469 g/mol. The van der Waals surface area contributed by atoms with Crippen LogP contribution in [0.15, 0.2) is 48.8 Å². The van der Waals surface area contributed by atoms with Crippen molar-refractivity contribution in [3.63, 3.8) is 0 Å². The Bertz CT molecular complexity index is 1420. The summed E-state index contributed by atoms with van der Waals surface area (Å²) in [7, 11) is 1.94. The highest BCUT2D eigenvalue weighted by Crippen LogP contribution is 2.35. The van der Waals surface area contributed by atoms with Crippen molar-refractivity contribution in [2.45, 2.75) is 19.9 Å². The molecule has 8 nitrogen and oxygen atoms in total. The van der Waals surface area contributed by atoms with Gasteiger partial charge in [0.15, 0.2) is 0 Å². The minimum atomic E-state index is 0.0892. The number of hydrogen-bond acceptors (Lipinski definition) is 5. The van der Waals surface area contributed by atoms with Crippen LogP contribution in [0.2, 0.25) is 0 Å². The molecule has 0 unspecified atom stereocenters. The maximum absolute atomic E-state index is 13.4. The summed E-state index contributed by atoms with van der Waals surface area (Å²) in [5.41, 5.74) is 7.74. The van der Waals surface area contributed by atoms with Gasteiger partial charge in [-0.1, -0.05) is 24.3 Å². The summed E-state index contributed by atoms with van der Waals surface area (Å²) < 4.78 is 3.92. The second-order valence-electron chi connectivity index (χ2n) is 9.68. The largest absolute Gasteiger partial charge is 0.336 e. The number of fused-ring (bicyclic) bond motifs is 2. The first-order valence-electron chi connectivity index (χ1n) is 12.3. The van der Waals surface area contributed by atoms with Crippen LogP contribution in [-0.2, 0) is 7.05 Å². The van der Waals surface area contributed by atoms with Gasteiger partial charge in [-0.3, -0.25) is 14.4 Å². The maximum atomic E-state index is 13.4. The van der Waals surface area contributed by atoms with Crippen LogP contribution in [0.3, 0.4) is 0 Å². The van der Waals surface area contributed by atoms with E-state index in [1.807, 2.05) is 47.9 Å². The number of benzene rings is 1. The lowest BCUT2D eigenvalue weighted by Crippen LogP contribution is -2.61. The van der Waals surface area contributed by atoms with Crippen molar-refractivity contribution in [3.05, 3.63) is 65.7 Å². The van der Waals surface area contributed by atoms with E-state index in [0.29, 0.717) is 11.6 Å². The first-order valence-corrected chi connectivity index (χ1v) is 12.3. The Kier molecular flexibility index (Phi) is 5.42. The van der Waals surface area contributed by atoms with Crippen LogP contribution in [-0.4, -0.2) is 80.2 Å². The lowest BCUT2D eigenvalue weighted by Gasteiger charge is -2.44. The van der Waals surface area contributed by atoms with Crippen LogP contribution >= 0.6 is 0 Å². The van der Waals surface area contributed by atoms with Gasteiger partial charge in [-0.2, -0.15) is 5.10 Å². The average Bonchev–Trinajstić information content (AvgIpc) is 3.40. The zero-order valence-electron chi connectivity index (χ0n) is 20.5. The number of carbonyl (C=O) groups excluding carboxylic acids is 1. The molecule has 4 aromatic rings. The molecule has 1 N–H and O–H groups in total. The third-order valence-corrected chi connectivity index (χ3v) is 7.45. The average molecular weight is 470 g/mol. The number of aryl methyl sites for hydroxylation is 3. The highest BCUT2D eigenvalue weighted by atomic mass is 16.2. The van der Waals surface area contributed by atoms with Crippen LogP contribution < -0.4 is 5.32 Å². The molecule has 180 valence electrons. The molecule has 0 spiro atoms. The van der Waals surface area contributed by atoms with E-state index >= 15 is 0 Å². The number of carbonyl (C=O) groups is 1. The van der Waals surface area contributed by atoms with E-state index in [4.69, 9.17) is 4.98 Å². The molecule has 2 saturated heterocycles. The Hall–Kier alpha value is -3.49. The van der Waals surface area contributed by atoms with Crippen molar-refractivity contribution >= 4 is 11.6 Å². The molecule has 8 heteroatoms. The lowest BCUT2D eigenvalue weighted by atomic mass is 9.97. The summed E-state index contributed by atoms with van der Waals surface area (Å²) >= 11 is 0. The number of imidazole rings is 1. The molecule has 0 saturated carbocycles. The molecule has 1 amide bonds. The minimum absolute atomic E-state index is 0.0892. The van der Waals surface area contributed by atoms with E-state index in [9.17, 15) is 4.79 Å². The molecule has 2 aliphatic heterocycles. The lowest BCUT2D eigenvalue weighted by molar-refractivity contribution is 0.0416. The summed E-state index contributed by atoms with van der Waals surface area (Å²) in [4.78, 5) is 22.9. The number of hydrogen-bond donors (Lipinski definition) is 1. The third kappa shape index (κ3) is 3.83. The van der Waals surface area contributed by atoms with Crippen LogP contribution in [0.25, 0.3) is 28.0 Å². The Labute approximate surface area is 205 Å². The van der Waals surface area contributed by atoms with Gasteiger partial charge < -0.3 is 14.6 Å². The molecule has 3 aromatic heterocycles. The fourth-order valence-electron chi connectivity index (χ4n) is 5.58. The fourth-order valence-corrected chi connectivity index (χ4v) is 5.58. The first-order chi connectivity index (χ1) is 17.0. The van der Waals surface area contributed by atoms with Crippen molar-refractivity contribution < 1.29 is 4.79 Å². The van der Waals surface area contributed by atoms with Crippen LogP contribution in [0.5, 0.6) is 0 Å². The zero-order chi connectivity index (χ0) is 24.1. The van der Waals surface area contributed by atoms with Crippen molar-refractivity contribution in [2.75, 3.05) is 39.3 Å². The van der Waals surface area contributed by atoms with Crippen molar-refractivity contribution in [1.29, 1.82) is 0 Å². The third-order valence-electron chi connectivity index (χ3n) is 7.45. The molecule has 1 atom stereocenters.